The number of hydrogen-bond acceptors (Lipinski definition) is 4. The highest BCUT2D eigenvalue weighted by Gasteiger charge is 2.21. The Bertz CT molecular complexity index is 916. The van der Waals surface area contributed by atoms with E-state index in [1.54, 1.807) is 6.07 Å². The van der Waals surface area contributed by atoms with Gasteiger partial charge in [0.25, 0.3) is 5.91 Å². The first-order valence-electron chi connectivity index (χ1n) is 10.7. The lowest BCUT2D eigenvalue weighted by molar-refractivity contribution is -0.114. The van der Waals surface area contributed by atoms with E-state index in [2.05, 4.69) is 24.1 Å². The molecule has 2 amide bonds. The summed E-state index contributed by atoms with van der Waals surface area (Å²) in [5.74, 6) is 1.27. The summed E-state index contributed by atoms with van der Waals surface area (Å²) in [5.41, 5.74) is 3.06. The third kappa shape index (κ3) is 6.88. The minimum Gasteiger partial charge on any atom is -0.489 e. The topological polar surface area (TPSA) is 70.7 Å². The summed E-state index contributed by atoms with van der Waals surface area (Å²) in [4.78, 5) is 26.8. The molecule has 1 heterocycles. The number of carbonyl (C=O) groups is 2. The van der Waals surface area contributed by atoms with Gasteiger partial charge in [-0.05, 0) is 67.7 Å². The van der Waals surface area contributed by atoms with Crippen molar-refractivity contribution in [3.63, 3.8) is 0 Å². The van der Waals surface area contributed by atoms with Crippen LogP contribution in [-0.4, -0.2) is 43.0 Å². The van der Waals surface area contributed by atoms with Crippen LogP contribution in [-0.2, 0) is 4.79 Å². The van der Waals surface area contributed by atoms with Crippen molar-refractivity contribution in [2.24, 2.45) is 5.92 Å². The van der Waals surface area contributed by atoms with E-state index in [9.17, 15) is 9.59 Å². The van der Waals surface area contributed by atoms with Gasteiger partial charge >= 0.3 is 0 Å². The maximum Gasteiger partial charge on any atom is 0.253 e. The van der Waals surface area contributed by atoms with E-state index in [1.165, 1.54) is 0 Å². The first-order chi connectivity index (χ1) is 14.9. The fraction of sp³-hybridized carbons (Fsp3) is 0.360. The molecule has 3 rings (SSSR count). The van der Waals surface area contributed by atoms with Crippen LogP contribution < -0.4 is 15.4 Å². The summed E-state index contributed by atoms with van der Waals surface area (Å²) in [6.45, 7) is 10.1. The van der Waals surface area contributed by atoms with E-state index in [4.69, 9.17) is 4.74 Å². The van der Waals surface area contributed by atoms with Gasteiger partial charge in [0.15, 0.2) is 0 Å². The zero-order valence-corrected chi connectivity index (χ0v) is 18.3. The Morgan fingerprint density at radius 2 is 1.81 bits per heavy atom. The molecule has 0 aromatic heterocycles. The van der Waals surface area contributed by atoms with Crippen molar-refractivity contribution in [2.45, 2.75) is 26.7 Å². The molecule has 2 aromatic rings. The van der Waals surface area contributed by atoms with Gasteiger partial charge in [0.05, 0.1) is 6.54 Å². The molecule has 0 unspecified atom stereocenters. The van der Waals surface area contributed by atoms with E-state index in [0.717, 1.165) is 37.2 Å². The molecule has 0 radical (unpaired) electrons. The van der Waals surface area contributed by atoms with Gasteiger partial charge in [0.2, 0.25) is 5.91 Å². The summed E-state index contributed by atoms with van der Waals surface area (Å²) in [6.07, 6.45) is 2.12. The number of hydrogen-bond donors (Lipinski definition) is 2. The quantitative estimate of drug-likeness (QED) is 0.613. The molecule has 0 saturated carbocycles. The predicted octanol–water partition coefficient (Wildman–Crippen LogP) is 4.56. The Balaban J connectivity index is 1.47. The van der Waals surface area contributed by atoms with Crippen molar-refractivity contribution in [1.82, 2.24) is 4.90 Å². The number of nitrogens with one attached hydrogen (secondary N) is 2. The van der Waals surface area contributed by atoms with Crippen molar-refractivity contribution in [2.75, 3.05) is 36.9 Å². The predicted molar refractivity (Wildman–Crippen MR) is 125 cm³/mol. The van der Waals surface area contributed by atoms with Crippen molar-refractivity contribution >= 4 is 23.2 Å². The highest BCUT2D eigenvalue weighted by molar-refractivity contribution is 5.95. The van der Waals surface area contributed by atoms with Gasteiger partial charge in [0, 0.05) is 36.1 Å². The van der Waals surface area contributed by atoms with Gasteiger partial charge in [0.1, 0.15) is 12.4 Å². The maximum atomic E-state index is 12.6. The van der Waals surface area contributed by atoms with Crippen LogP contribution in [0.2, 0.25) is 0 Å². The zero-order chi connectivity index (χ0) is 22.2. The van der Waals surface area contributed by atoms with Gasteiger partial charge in [-0.2, -0.15) is 0 Å². The van der Waals surface area contributed by atoms with E-state index in [0.29, 0.717) is 29.5 Å². The molecule has 0 spiro atoms. The minimum atomic E-state index is -0.167. The number of anilines is 2. The first kappa shape index (κ1) is 22.4. The SMILES string of the molecule is C=C(C)COc1cccc(NC(=O)CNc2ccc(C(=O)N3CCC(C)CC3)cc2)c1. The highest BCUT2D eigenvalue weighted by atomic mass is 16.5. The summed E-state index contributed by atoms with van der Waals surface area (Å²) in [5, 5.41) is 5.94. The van der Waals surface area contributed by atoms with E-state index in [1.807, 2.05) is 54.3 Å². The summed E-state index contributed by atoms with van der Waals surface area (Å²) < 4.78 is 5.60. The average molecular weight is 422 g/mol. The van der Waals surface area contributed by atoms with Gasteiger partial charge in [-0.15, -0.1) is 0 Å². The van der Waals surface area contributed by atoms with E-state index < -0.39 is 0 Å². The van der Waals surface area contributed by atoms with Gasteiger partial charge in [-0.1, -0.05) is 19.6 Å². The van der Waals surface area contributed by atoms with Crippen molar-refractivity contribution in [3.8, 4) is 5.75 Å². The van der Waals surface area contributed by atoms with Crippen LogP contribution in [0.3, 0.4) is 0 Å². The number of amides is 2. The van der Waals surface area contributed by atoms with Gasteiger partial charge in [-0.25, -0.2) is 0 Å². The van der Waals surface area contributed by atoms with E-state index in [-0.39, 0.29) is 18.4 Å². The second-order valence-corrected chi connectivity index (χ2v) is 8.23. The number of piperidine rings is 1. The normalized spacial score (nSPS) is 14.1. The molecule has 31 heavy (non-hydrogen) atoms. The van der Waals surface area contributed by atoms with Crippen molar-refractivity contribution < 1.29 is 14.3 Å². The standard InChI is InChI=1S/C25H31N3O3/c1-18(2)17-31-23-6-4-5-22(15-23)27-24(29)16-26-21-9-7-20(8-10-21)25(30)28-13-11-19(3)12-14-28/h4-10,15,19,26H,1,11-14,16-17H2,2-3H3,(H,27,29). The molecule has 0 atom stereocenters. The largest absolute Gasteiger partial charge is 0.489 e. The van der Waals surface area contributed by atoms with Crippen LogP contribution in [0.5, 0.6) is 5.75 Å². The molecule has 1 saturated heterocycles. The lowest BCUT2D eigenvalue weighted by Gasteiger charge is -2.30. The molecular formula is C25H31N3O3. The molecule has 1 aliphatic rings. The number of likely N-dealkylation sites (tertiary alicyclic amines) is 1. The van der Waals surface area contributed by atoms with Crippen LogP contribution in [0.4, 0.5) is 11.4 Å². The Hall–Kier alpha value is -3.28. The van der Waals surface area contributed by atoms with Crippen LogP contribution >= 0.6 is 0 Å². The number of ether oxygens (including phenoxy) is 1. The molecule has 0 aliphatic carbocycles. The van der Waals surface area contributed by atoms with E-state index >= 15 is 0 Å². The smallest absolute Gasteiger partial charge is 0.253 e. The molecule has 0 bridgehead atoms. The summed E-state index contributed by atoms with van der Waals surface area (Å²) in [7, 11) is 0. The second-order valence-electron chi connectivity index (χ2n) is 8.23. The number of benzene rings is 2. The van der Waals surface area contributed by atoms with Crippen LogP contribution in [0, 0.1) is 5.92 Å². The van der Waals surface area contributed by atoms with Crippen LogP contribution in [0.25, 0.3) is 0 Å². The Morgan fingerprint density at radius 3 is 2.48 bits per heavy atom. The molecule has 2 aromatic carbocycles. The van der Waals surface area contributed by atoms with Crippen LogP contribution in [0.1, 0.15) is 37.0 Å². The third-order valence-corrected chi connectivity index (χ3v) is 5.26. The average Bonchev–Trinajstić information content (AvgIpc) is 2.77. The molecular weight excluding hydrogens is 390 g/mol. The lowest BCUT2D eigenvalue weighted by atomic mass is 9.98. The third-order valence-electron chi connectivity index (χ3n) is 5.26. The monoisotopic (exact) mass is 421 g/mol. The Labute approximate surface area is 184 Å². The summed E-state index contributed by atoms with van der Waals surface area (Å²) >= 11 is 0. The molecule has 1 fully saturated rings. The van der Waals surface area contributed by atoms with Crippen LogP contribution in [0.15, 0.2) is 60.7 Å². The molecule has 6 heteroatoms. The van der Waals surface area contributed by atoms with Crippen molar-refractivity contribution in [1.29, 1.82) is 0 Å². The molecule has 2 N–H and O–H groups in total. The number of carbonyl (C=O) groups excluding carboxylic acids is 2. The number of nitrogens with zero attached hydrogens (tertiary/aromatic N) is 1. The fourth-order valence-corrected chi connectivity index (χ4v) is 3.38. The van der Waals surface area contributed by atoms with Gasteiger partial charge in [-0.3, -0.25) is 9.59 Å². The molecule has 6 nitrogen and oxygen atoms in total. The molecule has 164 valence electrons. The molecule has 1 aliphatic heterocycles. The lowest BCUT2D eigenvalue weighted by Crippen LogP contribution is -2.37. The Kier molecular flexibility index (Phi) is 7.70. The zero-order valence-electron chi connectivity index (χ0n) is 18.3. The maximum absolute atomic E-state index is 12.6. The Morgan fingerprint density at radius 1 is 1.10 bits per heavy atom. The highest BCUT2D eigenvalue weighted by Crippen LogP contribution is 2.20. The first-order valence-corrected chi connectivity index (χ1v) is 10.7. The second kappa shape index (κ2) is 10.7. The van der Waals surface area contributed by atoms with Crippen molar-refractivity contribution in [3.05, 3.63) is 66.2 Å². The fourth-order valence-electron chi connectivity index (χ4n) is 3.38. The van der Waals surface area contributed by atoms with Gasteiger partial charge < -0.3 is 20.3 Å². The number of rotatable bonds is 8. The summed E-state index contributed by atoms with van der Waals surface area (Å²) in [6, 6.07) is 14.5. The minimum absolute atomic E-state index is 0.0740.